The highest BCUT2D eigenvalue weighted by molar-refractivity contribution is 7.80. The monoisotopic (exact) mass is 530 g/mol. The number of carbonyl (C=O) groups excluding carboxylic acids is 2. The van der Waals surface area contributed by atoms with Crippen LogP contribution in [0, 0.1) is 12.7 Å². The topological polar surface area (TPSA) is 94.5 Å². The van der Waals surface area contributed by atoms with Gasteiger partial charge in [-0.3, -0.25) is 4.68 Å². The summed E-state index contributed by atoms with van der Waals surface area (Å²) in [6.07, 6.45) is 1.49. The number of anilines is 2. The molecular formula is C20H17Cl2FN4O4S2. The van der Waals surface area contributed by atoms with E-state index in [2.05, 4.69) is 15.7 Å². The van der Waals surface area contributed by atoms with Crippen molar-refractivity contribution in [3.05, 3.63) is 61.8 Å². The van der Waals surface area contributed by atoms with Crippen molar-refractivity contribution in [1.29, 1.82) is 0 Å². The van der Waals surface area contributed by atoms with Crippen LogP contribution in [0.3, 0.4) is 0 Å². The van der Waals surface area contributed by atoms with Crippen molar-refractivity contribution in [2.24, 2.45) is 0 Å². The Morgan fingerprint density at radius 3 is 2.52 bits per heavy atom. The van der Waals surface area contributed by atoms with Gasteiger partial charge in [-0.1, -0.05) is 29.3 Å². The van der Waals surface area contributed by atoms with E-state index in [4.69, 9.17) is 44.9 Å². The van der Waals surface area contributed by atoms with Crippen molar-refractivity contribution in [2.75, 3.05) is 24.9 Å². The molecule has 0 spiro atoms. The maximum Gasteiger partial charge on any atom is 0.348 e. The first-order chi connectivity index (χ1) is 15.7. The molecule has 1 aromatic carbocycles. The fraction of sp³-hybridized carbons (Fsp3) is 0.200. The number of nitrogens with one attached hydrogen (secondary N) is 2. The lowest BCUT2D eigenvalue weighted by Crippen LogP contribution is -2.20. The second-order valence-electron chi connectivity index (χ2n) is 6.55. The van der Waals surface area contributed by atoms with Crippen LogP contribution in [0.1, 0.15) is 31.2 Å². The number of carbonyl (C=O) groups is 2. The zero-order valence-corrected chi connectivity index (χ0v) is 20.6. The van der Waals surface area contributed by atoms with E-state index in [9.17, 15) is 14.0 Å². The molecule has 0 aliphatic rings. The summed E-state index contributed by atoms with van der Waals surface area (Å²) in [6.45, 7) is 1.65. The number of ether oxygens (including phenoxy) is 2. The lowest BCUT2D eigenvalue weighted by Gasteiger charge is -2.09. The molecule has 0 saturated heterocycles. The molecule has 2 aromatic heterocycles. The second kappa shape index (κ2) is 10.5. The molecule has 33 heavy (non-hydrogen) atoms. The van der Waals surface area contributed by atoms with Crippen LogP contribution in [-0.4, -0.2) is 41.1 Å². The Hall–Kier alpha value is -2.73. The van der Waals surface area contributed by atoms with Gasteiger partial charge < -0.3 is 20.1 Å². The first-order valence-corrected chi connectivity index (χ1v) is 11.2. The molecule has 0 fully saturated rings. The molecule has 0 saturated carbocycles. The van der Waals surface area contributed by atoms with Crippen LogP contribution >= 0.6 is 46.8 Å². The van der Waals surface area contributed by atoms with Crippen LogP contribution in [0.25, 0.3) is 0 Å². The molecule has 0 amide bonds. The zero-order chi connectivity index (χ0) is 24.3. The molecular weight excluding hydrogens is 514 g/mol. The zero-order valence-electron chi connectivity index (χ0n) is 17.5. The SMILES string of the molecule is COC(=O)c1sc(NC(=S)Nc2nn(Cc3c(F)cccc3Cl)cc2Cl)c(C(=O)OC)c1C. The van der Waals surface area contributed by atoms with Gasteiger partial charge in [-0.15, -0.1) is 11.3 Å². The summed E-state index contributed by atoms with van der Waals surface area (Å²) in [5, 5.41) is 10.8. The number of halogens is 3. The molecule has 0 atom stereocenters. The van der Waals surface area contributed by atoms with E-state index in [-0.39, 0.29) is 48.5 Å². The van der Waals surface area contributed by atoms with Crippen LogP contribution in [0.4, 0.5) is 15.2 Å². The fourth-order valence-corrected chi connectivity index (χ4v) is 4.69. The van der Waals surface area contributed by atoms with Gasteiger partial charge in [0.05, 0.1) is 26.3 Å². The smallest absolute Gasteiger partial charge is 0.348 e. The Kier molecular flexibility index (Phi) is 7.90. The van der Waals surface area contributed by atoms with E-state index in [1.54, 1.807) is 13.0 Å². The van der Waals surface area contributed by atoms with E-state index in [1.807, 2.05) is 0 Å². The molecule has 174 valence electrons. The number of esters is 2. The number of methoxy groups -OCH3 is 2. The number of hydrogen-bond donors (Lipinski definition) is 2. The Morgan fingerprint density at radius 1 is 1.18 bits per heavy atom. The van der Waals surface area contributed by atoms with Gasteiger partial charge in [0, 0.05) is 16.8 Å². The van der Waals surface area contributed by atoms with Gasteiger partial charge in [0.25, 0.3) is 0 Å². The minimum atomic E-state index is -0.645. The second-order valence-corrected chi connectivity index (χ2v) is 8.79. The van der Waals surface area contributed by atoms with Crippen molar-refractivity contribution in [3.63, 3.8) is 0 Å². The lowest BCUT2D eigenvalue weighted by molar-refractivity contribution is 0.0601. The molecule has 3 rings (SSSR count). The number of thiocarbonyl (C=S) groups is 1. The summed E-state index contributed by atoms with van der Waals surface area (Å²) < 4.78 is 25.1. The normalized spacial score (nSPS) is 10.6. The Labute approximate surface area is 207 Å². The summed E-state index contributed by atoms with van der Waals surface area (Å²) in [4.78, 5) is 24.5. The highest BCUT2D eigenvalue weighted by Crippen LogP contribution is 2.34. The molecule has 3 aromatic rings. The molecule has 0 radical (unpaired) electrons. The first kappa shape index (κ1) is 24.9. The molecule has 0 bridgehead atoms. The van der Waals surface area contributed by atoms with E-state index < -0.39 is 17.8 Å². The lowest BCUT2D eigenvalue weighted by atomic mass is 10.1. The summed E-state index contributed by atoms with van der Waals surface area (Å²) in [5.41, 5.74) is 0.809. The Bertz CT molecular complexity index is 1220. The third kappa shape index (κ3) is 5.44. The van der Waals surface area contributed by atoms with Crippen molar-refractivity contribution in [2.45, 2.75) is 13.5 Å². The first-order valence-electron chi connectivity index (χ1n) is 9.20. The number of rotatable bonds is 6. The molecule has 2 heterocycles. The number of thiophene rings is 1. The third-order valence-corrected chi connectivity index (χ3v) is 6.49. The summed E-state index contributed by atoms with van der Waals surface area (Å²) in [7, 11) is 2.47. The van der Waals surface area contributed by atoms with Crippen molar-refractivity contribution < 1.29 is 23.5 Å². The van der Waals surface area contributed by atoms with Crippen LogP contribution in [0.15, 0.2) is 24.4 Å². The quantitative estimate of drug-likeness (QED) is 0.334. The van der Waals surface area contributed by atoms with Gasteiger partial charge in [-0.05, 0) is 36.8 Å². The van der Waals surface area contributed by atoms with Gasteiger partial charge in [0.1, 0.15) is 20.7 Å². The molecule has 0 aliphatic carbocycles. The predicted molar refractivity (Wildman–Crippen MR) is 129 cm³/mol. The van der Waals surface area contributed by atoms with E-state index in [0.29, 0.717) is 5.56 Å². The van der Waals surface area contributed by atoms with Crippen molar-refractivity contribution >= 4 is 74.6 Å². The summed E-state index contributed by atoms with van der Waals surface area (Å²) in [6, 6.07) is 4.39. The van der Waals surface area contributed by atoms with Crippen LogP contribution in [0.5, 0.6) is 0 Å². The maximum atomic E-state index is 14.1. The van der Waals surface area contributed by atoms with Crippen molar-refractivity contribution in [3.8, 4) is 0 Å². The average Bonchev–Trinajstić information content (AvgIpc) is 3.28. The molecule has 0 aliphatic heterocycles. The van der Waals surface area contributed by atoms with Crippen LogP contribution in [-0.2, 0) is 16.0 Å². The van der Waals surface area contributed by atoms with E-state index >= 15 is 0 Å². The molecule has 8 nitrogen and oxygen atoms in total. The molecule has 13 heteroatoms. The number of benzene rings is 1. The summed E-state index contributed by atoms with van der Waals surface area (Å²) in [5.74, 6) is -1.51. The standard InChI is InChI=1S/C20H17Cl2FN4O4S2/c1-9-14(18(28)30-2)17(33-15(9)19(29)31-3)25-20(32)24-16-12(22)8-27(26-16)7-10-11(21)5-4-6-13(10)23/h4-6,8H,7H2,1-3H3,(H2,24,25,26,32). The minimum Gasteiger partial charge on any atom is -0.465 e. The van der Waals surface area contributed by atoms with Crippen LogP contribution < -0.4 is 10.6 Å². The minimum absolute atomic E-state index is 0.0478. The van der Waals surface area contributed by atoms with Gasteiger partial charge in [0.15, 0.2) is 10.9 Å². The maximum absolute atomic E-state index is 14.1. The molecule has 2 N–H and O–H groups in total. The fourth-order valence-electron chi connectivity index (χ4n) is 2.89. The highest BCUT2D eigenvalue weighted by atomic mass is 35.5. The highest BCUT2D eigenvalue weighted by Gasteiger charge is 2.26. The van der Waals surface area contributed by atoms with Crippen molar-refractivity contribution in [1.82, 2.24) is 9.78 Å². The summed E-state index contributed by atoms with van der Waals surface area (Å²) >= 11 is 18.6. The Balaban J connectivity index is 1.80. The largest absolute Gasteiger partial charge is 0.465 e. The predicted octanol–water partition coefficient (Wildman–Crippen LogP) is 5.13. The number of aromatic nitrogens is 2. The van der Waals surface area contributed by atoms with E-state index in [1.165, 1.54) is 37.2 Å². The van der Waals surface area contributed by atoms with Gasteiger partial charge in [-0.2, -0.15) is 5.10 Å². The Morgan fingerprint density at radius 2 is 1.88 bits per heavy atom. The van der Waals surface area contributed by atoms with Crippen LogP contribution in [0.2, 0.25) is 10.0 Å². The average molecular weight is 531 g/mol. The third-order valence-electron chi connectivity index (χ3n) is 4.46. The van der Waals surface area contributed by atoms with Gasteiger partial charge in [0.2, 0.25) is 0 Å². The van der Waals surface area contributed by atoms with Gasteiger partial charge >= 0.3 is 11.9 Å². The number of nitrogens with zero attached hydrogens (tertiary/aromatic N) is 2. The number of hydrogen-bond acceptors (Lipinski definition) is 7. The molecule has 0 unspecified atom stereocenters. The van der Waals surface area contributed by atoms with E-state index in [0.717, 1.165) is 11.3 Å². The van der Waals surface area contributed by atoms with Gasteiger partial charge in [-0.25, -0.2) is 14.0 Å².